The van der Waals surface area contributed by atoms with Gasteiger partial charge in [-0.25, -0.2) is 13.2 Å². The number of nitrogens with zero attached hydrogens (tertiary/aromatic N) is 7. The van der Waals surface area contributed by atoms with Crippen molar-refractivity contribution in [3.8, 4) is 35.6 Å². The van der Waals surface area contributed by atoms with E-state index in [0.717, 1.165) is 36.2 Å². The lowest BCUT2D eigenvalue weighted by Crippen LogP contribution is -2.55. The fraction of sp³-hybridized carbons (Fsp3) is 0.310. The Morgan fingerprint density at radius 2 is 1.89 bits per heavy atom. The van der Waals surface area contributed by atoms with Crippen molar-refractivity contribution in [2.45, 2.75) is 43.4 Å². The van der Waals surface area contributed by atoms with Crippen molar-refractivity contribution in [2.24, 2.45) is 0 Å². The third-order valence-electron chi connectivity index (χ3n) is 10.9. The van der Waals surface area contributed by atoms with Gasteiger partial charge in [0, 0.05) is 66.8 Å². The molecule has 1 amide bonds. The van der Waals surface area contributed by atoms with Crippen LogP contribution in [0.15, 0.2) is 78.8 Å². The number of ether oxygens (including phenoxy) is 1. The third-order valence-corrected chi connectivity index (χ3v) is 10.9. The number of terminal acetylenes is 1. The molecule has 5 aromatic rings. The van der Waals surface area contributed by atoms with Crippen LogP contribution in [0.3, 0.4) is 0 Å². The molecule has 5 heterocycles. The summed E-state index contributed by atoms with van der Waals surface area (Å²) in [6, 6.07) is 20.9. The number of alkyl halides is 1. The second-order valence-electron chi connectivity index (χ2n) is 14.1. The van der Waals surface area contributed by atoms with Crippen LogP contribution in [0.25, 0.3) is 38.9 Å². The van der Waals surface area contributed by atoms with Gasteiger partial charge in [0.15, 0.2) is 11.6 Å². The van der Waals surface area contributed by atoms with E-state index in [1.807, 2.05) is 41.3 Å². The van der Waals surface area contributed by atoms with Gasteiger partial charge in [-0.1, -0.05) is 48.4 Å². The summed E-state index contributed by atoms with van der Waals surface area (Å²) in [5.41, 5.74) is 1.32. The third kappa shape index (κ3) is 6.37. The molecule has 9 nitrogen and oxygen atoms in total. The Morgan fingerprint density at radius 3 is 2.69 bits per heavy atom. The summed E-state index contributed by atoms with van der Waals surface area (Å²) in [6.45, 7) is 1.64. The van der Waals surface area contributed by atoms with E-state index in [9.17, 15) is 14.4 Å². The molecule has 8 rings (SSSR count). The lowest BCUT2D eigenvalue weighted by atomic mass is 9.93. The van der Waals surface area contributed by atoms with Gasteiger partial charge in [0.05, 0.1) is 29.8 Å². The molecule has 0 radical (unpaired) electrons. The molecular weight excluding hydrogens is 692 g/mol. The van der Waals surface area contributed by atoms with Gasteiger partial charge in [0.25, 0.3) is 5.91 Å². The molecule has 3 aliphatic heterocycles. The van der Waals surface area contributed by atoms with Crippen LogP contribution >= 0.6 is 0 Å². The summed E-state index contributed by atoms with van der Waals surface area (Å²) in [7, 11) is 0. The Hall–Kier alpha value is -5.98. The predicted molar refractivity (Wildman–Crippen MR) is 200 cm³/mol. The van der Waals surface area contributed by atoms with Crippen LogP contribution in [-0.2, 0) is 4.79 Å². The number of hydrogen-bond acceptors (Lipinski definition) is 8. The highest BCUT2D eigenvalue weighted by molar-refractivity contribution is 6.03. The first kappa shape index (κ1) is 35.1. The second-order valence-corrected chi connectivity index (χ2v) is 14.1. The molecule has 0 saturated carbocycles. The van der Waals surface area contributed by atoms with Crippen molar-refractivity contribution in [1.82, 2.24) is 24.8 Å². The number of carbonyl (C=O) groups is 1. The van der Waals surface area contributed by atoms with Crippen molar-refractivity contribution in [3.63, 3.8) is 0 Å². The maximum absolute atomic E-state index is 17.1. The van der Waals surface area contributed by atoms with E-state index in [4.69, 9.17) is 16.1 Å². The van der Waals surface area contributed by atoms with Gasteiger partial charge in [0.2, 0.25) is 0 Å². The predicted octanol–water partition coefficient (Wildman–Crippen LogP) is 6.86. The Labute approximate surface area is 310 Å². The average Bonchev–Trinajstić information content (AvgIpc) is 3.72. The van der Waals surface area contributed by atoms with E-state index in [1.165, 1.54) is 11.1 Å². The molecule has 0 spiro atoms. The van der Waals surface area contributed by atoms with E-state index >= 15 is 8.78 Å². The summed E-state index contributed by atoms with van der Waals surface area (Å²) in [6.07, 6.45) is 9.43. The Kier molecular flexibility index (Phi) is 9.38. The topological polar surface area (TPSA) is 98.5 Å². The van der Waals surface area contributed by atoms with Crippen LogP contribution < -0.4 is 9.64 Å². The van der Waals surface area contributed by atoms with Crippen molar-refractivity contribution < 1.29 is 22.7 Å². The van der Waals surface area contributed by atoms with Crippen molar-refractivity contribution in [2.75, 3.05) is 44.2 Å². The van der Waals surface area contributed by atoms with Crippen LogP contribution in [-0.4, -0.2) is 87.7 Å². The van der Waals surface area contributed by atoms with Crippen LogP contribution in [0.4, 0.5) is 19.0 Å². The summed E-state index contributed by atoms with van der Waals surface area (Å²) >= 11 is 0. The van der Waals surface area contributed by atoms with Crippen molar-refractivity contribution in [1.29, 1.82) is 5.26 Å². The number of halogens is 3. The first-order chi connectivity index (χ1) is 26.3. The fourth-order valence-corrected chi connectivity index (χ4v) is 8.36. The molecular formula is C42H36F3N7O2. The minimum Gasteiger partial charge on any atom is -0.461 e. The largest absolute Gasteiger partial charge is 0.461 e. The van der Waals surface area contributed by atoms with Gasteiger partial charge < -0.3 is 14.5 Å². The minimum absolute atomic E-state index is 0.0120. The van der Waals surface area contributed by atoms with Gasteiger partial charge >= 0.3 is 6.01 Å². The van der Waals surface area contributed by atoms with Crippen LogP contribution in [0.2, 0.25) is 0 Å². The van der Waals surface area contributed by atoms with E-state index in [1.54, 1.807) is 30.3 Å². The first-order valence-electron chi connectivity index (χ1n) is 18.0. The molecule has 3 aromatic carbocycles. The van der Waals surface area contributed by atoms with E-state index in [0.29, 0.717) is 41.0 Å². The number of benzene rings is 3. The fourth-order valence-electron chi connectivity index (χ4n) is 8.36. The van der Waals surface area contributed by atoms with E-state index < -0.39 is 35.3 Å². The molecule has 0 N–H and O–H groups in total. The zero-order valence-electron chi connectivity index (χ0n) is 29.4. The van der Waals surface area contributed by atoms with Crippen LogP contribution in [0.5, 0.6) is 6.01 Å². The summed E-state index contributed by atoms with van der Waals surface area (Å²) in [5.74, 6) is 0.621. The molecule has 3 aliphatic rings. The average molecular weight is 728 g/mol. The summed E-state index contributed by atoms with van der Waals surface area (Å²) < 4.78 is 53.2. The molecule has 54 heavy (non-hydrogen) atoms. The van der Waals surface area contributed by atoms with Gasteiger partial charge in [-0.3, -0.25) is 14.7 Å². The van der Waals surface area contributed by atoms with Gasteiger partial charge in [-0.15, -0.1) is 6.42 Å². The lowest BCUT2D eigenvalue weighted by Gasteiger charge is -2.41. The van der Waals surface area contributed by atoms with Crippen LogP contribution in [0, 0.1) is 29.5 Å². The number of hydrogen-bond donors (Lipinski definition) is 0. The molecule has 3 saturated heterocycles. The Balaban J connectivity index is 1.19. The zero-order valence-corrected chi connectivity index (χ0v) is 29.4. The summed E-state index contributed by atoms with van der Waals surface area (Å²) in [4.78, 5) is 32.2. The number of carbonyl (C=O) groups excluding carboxylic acids is 1. The molecule has 12 heteroatoms. The van der Waals surface area contributed by atoms with E-state index in [2.05, 4.69) is 26.9 Å². The van der Waals surface area contributed by atoms with Crippen molar-refractivity contribution >= 4 is 39.5 Å². The number of anilines is 1. The van der Waals surface area contributed by atoms with Gasteiger partial charge in [-0.2, -0.15) is 15.2 Å². The standard InChI is InChI=1S/C42H36F3N7O2/c1-2-27-8-5-9-28-10-6-12-32(36(27)28)33-13-14-34-38(37(33)45)48-41(54-26-42-16-7-19-51(42)24-29(43)23-42)49-39(34)50-20-21-52(31(25-50)15-17-46)40(53)35(44)22-30-11-3-4-18-47-30/h1,3-6,8-14,18,22,29,31H,7,15-16,19-21,23-26H2/b35-22-/t29-,31+,42+/m1/s1. The van der Waals surface area contributed by atoms with Gasteiger partial charge in [0.1, 0.15) is 24.1 Å². The second kappa shape index (κ2) is 14.4. The molecule has 2 aromatic heterocycles. The Bertz CT molecular complexity index is 2370. The maximum atomic E-state index is 17.1. The quantitative estimate of drug-likeness (QED) is 0.126. The highest BCUT2D eigenvalue weighted by Gasteiger charge is 2.49. The molecule has 3 atom stereocenters. The minimum atomic E-state index is -0.993. The monoisotopic (exact) mass is 727 g/mol. The number of nitriles is 1. The van der Waals surface area contributed by atoms with Crippen LogP contribution in [0.1, 0.15) is 36.9 Å². The molecule has 0 unspecified atom stereocenters. The van der Waals surface area contributed by atoms with E-state index in [-0.39, 0.29) is 49.8 Å². The molecule has 0 aliphatic carbocycles. The maximum Gasteiger partial charge on any atom is 0.319 e. The normalized spacial score (nSPS) is 21.6. The summed E-state index contributed by atoms with van der Waals surface area (Å²) in [5, 5.41) is 11.7. The van der Waals surface area contributed by atoms with Crippen molar-refractivity contribution in [3.05, 3.63) is 95.8 Å². The number of rotatable bonds is 8. The number of pyridine rings is 1. The highest BCUT2D eigenvalue weighted by Crippen LogP contribution is 2.41. The number of aromatic nitrogens is 3. The zero-order chi connectivity index (χ0) is 37.4. The highest BCUT2D eigenvalue weighted by atomic mass is 19.1. The molecule has 0 bridgehead atoms. The molecule has 272 valence electrons. The number of piperazine rings is 1. The van der Waals surface area contributed by atoms with Gasteiger partial charge in [-0.05, 0) is 54.6 Å². The SMILES string of the molecule is C#Cc1cccc2cccc(-c3ccc4c(N5CCN(C(=O)/C(F)=C/c6ccccn6)[C@@H](CC#N)C5)nc(OC[C@@]56CCCN5C[C@H](F)C6)nc4c3F)c12. The number of amides is 1. The smallest absolute Gasteiger partial charge is 0.319 e. The lowest BCUT2D eigenvalue weighted by molar-refractivity contribution is -0.131. The number of fused-ring (bicyclic) bond motifs is 3. The molecule has 3 fully saturated rings. The first-order valence-corrected chi connectivity index (χ1v) is 18.0. The Morgan fingerprint density at radius 1 is 1.04 bits per heavy atom.